The predicted octanol–water partition coefficient (Wildman–Crippen LogP) is 0.805. The molecule has 1 aromatic rings. The summed E-state index contributed by atoms with van der Waals surface area (Å²) >= 11 is 1.44. The molecular weight excluding hydrogens is 476 g/mol. The van der Waals surface area contributed by atoms with Crippen LogP contribution in [0.2, 0.25) is 0 Å². The molecule has 0 spiro atoms. The molecule has 3 unspecified atom stereocenters. The van der Waals surface area contributed by atoms with Crippen LogP contribution in [0.25, 0.3) is 0 Å². The number of hydrogen-bond donors (Lipinski definition) is 5. The van der Waals surface area contributed by atoms with E-state index in [1.165, 1.54) is 11.8 Å². The van der Waals surface area contributed by atoms with Gasteiger partial charge in [-0.1, -0.05) is 30.3 Å². The largest absolute Gasteiger partial charge is 0.481 e. The summed E-state index contributed by atoms with van der Waals surface area (Å²) in [6.07, 6.45) is 0.558. The minimum absolute atomic E-state index is 0.0895. The lowest BCUT2D eigenvalue weighted by molar-refractivity contribution is -0.141. The second kappa shape index (κ2) is 14.2. The summed E-state index contributed by atoms with van der Waals surface area (Å²) in [7, 11) is 0. The molecule has 6 N–H and O–H groups in total. The van der Waals surface area contributed by atoms with Gasteiger partial charge in [-0.15, -0.1) is 0 Å². The Bertz CT molecular complexity index is 890. The van der Waals surface area contributed by atoms with E-state index < -0.39 is 59.9 Å². The van der Waals surface area contributed by atoms with Gasteiger partial charge in [-0.3, -0.25) is 19.2 Å². The number of carbonyl (C=O) groups is 5. The van der Waals surface area contributed by atoms with Crippen molar-refractivity contribution in [1.82, 2.24) is 16.0 Å². The Morgan fingerprint density at radius 3 is 2.06 bits per heavy atom. The van der Waals surface area contributed by atoms with Gasteiger partial charge in [0.2, 0.25) is 17.7 Å². The Morgan fingerprint density at radius 1 is 0.971 bits per heavy atom. The smallest absolute Gasteiger partial charge is 0.408 e. The van der Waals surface area contributed by atoms with Gasteiger partial charge in [-0.25, -0.2) is 4.79 Å². The zero-order valence-electron chi connectivity index (χ0n) is 20.3. The molecule has 35 heavy (non-hydrogen) atoms. The van der Waals surface area contributed by atoms with E-state index in [0.717, 1.165) is 5.56 Å². The first-order valence-electron chi connectivity index (χ1n) is 11.0. The highest BCUT2D eigenvalue weighted by Gasteiger charge is 2.31. The maximum atomic E-state index is 12.9. The molecule has 1 aromatic carbocycles. The third kappa shape index (κ3) is 12.1. The van der Waals surface area contributed by atoms with E-state index in [0.29, 0.717) is 5.75 Å². The second-order valence-electron chi connectivity index (χ2n) is 8.79. The van der Waals surface area contributed by atoms with Crippen LogP contribution in [-0.4, -0.2) is 70.6 Å². The van der Waals surface area contributed by atoms with E-state index in [4.69, 9.17) is 10.5 Å². The van der Waals surface area contributed by atoms with E-state index in [9.17, 15) is 29.1 Å². The van der Waals surface area contributed by atoms with Crippen LogP contribution < -0.4 is 21.7 Å². The van der Waals surface area contributed by atoms with Gasteiger partial charge in [-0.2, -0.15) is 11.8 Å². The van der Waals surface area contributed by atoms with Crippen molar-refractivity contribution in [2.24, 2.45) is 5.73 Å². The summed E-state index contributed by atoms with van der Waals surface area (Å²) in [5, 5.41) is 16.5. The highest BCUT2D eigenvalue weighted by molar-refractivity contribution is 7.98. The number of hydrogen-bond acceptors (Lipinski definition) is 7. The van der Waals surface area contributed by atoms with Crippen molar-refractivity contribution in [2.45, 2.75) is 63.8 Å². The van der Waals surface area contributed by atoms with Crippen LogP contribution in [0.5, 0.6) is 0 Å². The fraction of sp³-hybridized carbons (Fsp3) is 0.522. The molecule has 4 amide bonds. The minimum Gasteiger partial charge on any atom is -0.481 e. The molecule has 0 aliphatic heterocycles. The van der Waals surface area contributed by atoms with Gasteiger partial charge in [0.25, 0.3) is 0 Å². The topological polar surface area (TPSA) is 177 Å². The zero-order valence-corrected chi connectivity index (χ0v) is 21.1. The van der Waals surface area contributed by atoms with Crippen molar-refractivity contribution in [3.63, 3.8) is 0 Å². The summed E-state index contributed by atoms with van der Waals surface area (Å²) in [5.74, 6) is -3.30. The number of nitrogens with two attached hydrogens (primary N) is 1. The first-order chi connectivity index (χ1) is 16.3. The zero-order chi connectivity index (χ0) is 26.6. The van der Waals surface area contributed by atoms with Crippen molar-refractivity contribution < 1.29 is 33.8 Å². The maximum absolute atomic E-state index is 12.9. The van der Waals surface area contributed by atoms with Crippen LogP contribution in [0.4, 0.5) is 4.79 Å². The number of primary amides is 1. The van der Waals surface area contributed by atoms with E-state index in [1.54, 1.807) is 51.1 Å². The fourth-order valence-corrected chi connectivity index (χ4v) is 3.43. The molecule has 0 saturated heterocycles. The molecule has 0 aliphatic carbocycles. The number of alkyl carbamates (subject to hydrolysis) is 1. The number of nitrogens with one attached hydrogen (secondary N) is 3. The lowest BCUT2D eigenvalue weighted by Gasteiger charge is -2.25. The van der Waals surface area contributed by atoms with Gasteiger partial charge in [0, 0.05) is 6.42 Å². The molecule has 0 bridgehead atoms. The van der Waals surface area contributed by atoms with Crippen molar-refractivity contribution in [2.75, 3.05) is 12.0 Å². The summed E-state index contributed by atoms with van der Waals surface area (Å²) in [4.78, 5) is 61.2. The second-order valence-corrected chi connectivity index (χ2v) is 9.78. The van der Waals surface area contributed by atoms with Gasteiger partial charge in [-0.05, 0) is 44.8 Å². The van der Waals surface area contributed by atoms with Gasteiger partial charge in [0.15, 0.2) is 0 Å². The summed E-state index contributed by atoms with van der Waals surface area (Å²) in [6, 6.07) is 5.11. The third-order valence-electron chi connectivity index (χ3n) is 4.57. The first-order valence-corrected chi connectivity index (χ1v) is 12.4. The summed E-state index contributed by atoms with van der Waals surface area (Å²) in [6.45, 7) is 5.00. The lowest BCUT2D eigenvalue weighted by Crippen LogP contribution is -2.57. The Kier molecular flexibility index (Phi) is 12.1. The van der Waals surface area contributed by atoms with Crippen LogP contribution in [0.15, 0.2) is 30.3 Å². The van der Waals surface area contributed by atoms with Crippen LogP contribution >= 0.6 is 11.8 Å². The molecule has 0 saturated carbocycles. The van der Waals surface area contributed by atoms with Crippen molar-refractivity contribution >= 4 is 41.5 Å². The standard InChI is InChI=1S/C23H34N4O7S/c1-23(2,3)34-22(33)27-15(10-11-35-4)20(31)26-17(13-18(28)29)21(32)25-16(19(24)30)12-14-8-6-5-7-9-14/h5-9,15-17H,10-13H2,1-4H3,(H2,24,30)(H,25,32)(H,26,31)(H,27,33)(H,28,29). The van der Waals surface area contributed by atoms with Crippen molar-refractivity contribution in [3.05, 3.63) is 35.9 Å². The number of carbonyl (C=O) groups excluding carboxylic acids is 4. The number of aliphatic carboxylic acids is 1. The summed E-state index contributed by atoms with van der Waals surface area (Å²) < 4.78 is 5.19. The van der Waals surface area contributed by atoms with E-state index in [2.05, 4.69) is 16.0 Å². The number of carboxylic acids is 1. The molecule has 3 atom stereocenters. The van der Waals surface area contributed by atoms with Crippen molar-refractivity contribution in [1.29, 1.82) is 0 Å². The quantitative estimate of drug-likeness (QED) is 0.259. The van der Waals surface area contributed by atoms with E-state index in [-0.39, 0.29) is 12.8 Å². The SMILES string of the molecule is CSCCC(NC(=O)OC(C)(C)C)C(=O)NC(CC(=O)O)C(=O)NC(Cc1ccccc1)C(N)=O. The number of ether oxygens (including phenoxy) is 1. The number of benzene rings is 1. The molecule has 12 heteroatoms. The molecule has 194 valence electrons. The molecule has 0 aromatic heterocycles. The van der Waals surface area contributed by atoms with Crippen LogP contribution in [0, 0.1) is 0 Å². The first kappa shape index (κ1) is 29.8. The molecule has 1 rings (SSSR count). The molecule has 0 fully saturated rings. The van der Waals surface area contributed by atoms with Gasteiger partial charge >= 0.3 is 12.1 Å². The highest BCUT2D eigenvalue weighted by atomic mass is 32.2. The average molecular weight is 511 g/mol. The van der Waals surface area contributed by atoms with Gasteiger partial charge in [0.1, 0.15) is 23.7 Å². The average Bonchev–Trinajstić information content (AvgIpc) is 2.74. The number of thioether (sulfide) groups is 1. The molecule has 11 nitrogen and oxygen atoms in total. The fourth-order valence-electron chi connectivity index (χ4n) is 2.96. The minimum atomic E-state index is -1.50. The van der Waals surface area contributed by atoms with Crippen LogP contribution in [0.1, 0.15) is 39.2 Å². The molecule has 0 heterocycles. The molecular formula is C23H34N4O7S. The van der Waals surface area contributed by atoms with E-state index >= 15 is 0 Å². The Hall–Kier alpha value is -3.28. The Balaban J connectivity index is 2.97. The number of carboxylic acid groups (broad SMARTS) is 1. The Morgan fingerprint density at radius 2 is 1.54 bits per heavy atom. The Labute approximate surface area is 208 Å². The number of amides is 4. The number of rotatable bonds is 13. The normalized spacial score (nSPS) is 13.6. The highest BCUT2D eigenvalue weighted by Crippen LogP contribution is 2.09. The van der Waals surface area contributed by atoms with Crippen LogP contribution in [-0.2, 0) is 30.3 Å². The predicted molar refractivity (Wildman–Crippen MR) is 132 cm³/mol. The van der Waals surface area contributed by atoms with Crippen LogP contribution in [0.3, 0.4) is 0 Å². The molecule has 0 radical (unpaired) electrons. The third-order valence-corrected chi connectivity index (χ3v) is 5.22. The monoisotopic (exact) mass is 510 g/mol. The maximum Gasteiger partial charge on any atom is 0.408 e. The molecule has 0 aliphatic rings. The lowest BCUT2D eigenvalue weighted by atomic mass is 10.0. The van der Waals surface area contributed by atoms with Crippen molar-refractivity contribution in [3.8, 4) is 0 Å². The summed E-state index contributed by atoms with van der Waals surface area (Å²) in [5.41, 5.74) is 5.36. The van der Waals surface area contributed by atoms with E-state index in [1.807, 2.05) is 6.26 Å². The van der Waals surface area contributed by atoms with Gasteiger partial charge in [0.05, 0.1) is 6.42 Å². The van der Waals surface area contributed by atoms with Gasteiger partial charge < -0.3 is 31.5 Å².